The average Bonchev–Trinajstić information content (AvgIpc) is 2.77. The molecule has 1 aromatic heterocycles. The fourth-order valence-corrected chi connectivity index (χ4v) is 2.41. The zero-order chi connectivity index (χ0) is 11.0. The van der Waals surface area contributed by atoms with Crippen molar-refractivity contribution in [2.75, 3.05) is 31.1 Å². The summed E-state index contributed by atoms with van der Waals surface area (Å²) in [6.45, 7) is 7.96. The van der Waals surface area contributed by atoms with Crippen LogP contribution >= 0.6 is 0 Å². The van der Waals surface area contributed by atoms with Crippen LogP contribution in [0.5, 0.6) is 0 Å². The van der Waals surface area contributed by atoms with Gasteiger partial charge in [0.1, 0.15) is 11.6 Å². The Morgan fingerprint density at radius 1 is 1.06 bits per heavy atom. The topological polar surface area (TPSA) is 53.1 Å². The predicted octanol–water partition coefficient (Wildman–Crippen LogP) is -0.202. The van der Waals surface area contributed by atoms with Crippen LogP contribution in [-0.4, -0.2) is 36.1 Å². The van der Waals surface area contributed by atoms with Gasteiger partial charge in [-0.1, -0.05) is 0 Å². The maximum Gasteiger partial charge on any atom is 0.137 e. The molecule has 0 aromatic carbocycles. The number of anilines is 1. The highest BCUT2D eigenvalue weighted by Crippen LogP contribution is 2.24. The monoisotopic (exact) mass is 219 g/mol. The van der Waals surface area contributed by atoms with E-state index in [1.807, 2.05) is 6.92 Å². The normalized spacial score (nSPS) is 19.9. The molecule has 0 aliphatic carbocycles. The van der Waals surface area contributed by atoms with Crippen molar-refractivity contribution in [2.45, 2.75) is 20.0 Å². The van der Waals surface area contributed by atoms with Crippen LogP contribution in [0.25, 0.3) is 0 Å². The first kappa shape index (κ1) is 9.99. The molecule has 2 aliphatic heterocycles. The van der Waals surface area contributed by atoms with Crippen LogP contribution in [0.4, 0.5) is 5.82 Å². The first-order chi connectivity index (χ1) is 7.84. The van der Waals surface area contributed by atoms with Crippen molar-refractivity contribution in [1.82, 2.24) is 20.6 Å². The second kappa shape index (κ2) is 3.99. The van der Waals surface area contributed by atoms with E-state index in [1.54, 1.807) is 0 Å². The van der Waals surface area contributed by atoms with Crippen molar-refractivity contribution < 1.29 is 0 Å². The summed E-state index contributed by atoms with van der Waals surface area (Å²) in [5.74, 6) is 2.03. The largest absolute Gasteiger partial charge is 0.354 e. The first-order valence-corrected chi connectivity index (χ1v) is 5.87. The Balaban J connectivity index is 1.99. The summed E-state index contributed by atoms with van der Waals surface area (Å²) in [4.78, 5) is 11.5. The summed E-state index contributed by atoms with van der Waals surface area (Å²) in [5.41, 5.74) is 2.48. The van der Waals surface area contributed by atoms with Crippen molar-refractivity contribution in [1.29, 1.82) is 0 Å². The number of fused-ring (bicyclic) bond motifs is 1. The molecule has 0 bridgehead atoms. The maximum absolute atomic E-state index is 4.62. The van der Waals surface area contributed by atoms with Gasteiger partial charge in [-0.15, -0.1) is 0 Å². The van der Waals surface area contributed by atoms with Gasteiger partial charge in [-0.25, -0.2) is 9.97 Å². The third-order valence-electron chi connectivity index (χ3n) is 3.19. The average molecular weight is 219 g/mol. The minimum absolute atomic E-state index is 0.885. The lowest BCUT2D eigenvalue weighted by Crippen LogP contribution is -2.44. The van der Waals surface area contributed by atoms with Gasteiger partial charge in [0.2, 0.25) is 0 Å². The summed E-state index contributed by atoms with van der Waals surface area (Å²) < 4.78 is 0. The molecule has 16 heavy (non-hydrogen) atoms. The number of hydrogen-bond donors (Lipinski definition) is 2. The number of aromatic nitrogens is 2. The molecule has 0 amide bonds. The molecule has 0 spiro atoms. The molecular formula is C11H17N5. The van der Waals surface area contributed by atoms with Gasteiger partial charge in [-0.05, 0) is 6.92 Å². The van der Waals surface area contributed by atoms with Gasteiger partial charge in [0.25, 0.3) is 0 Å². The highest BCUT2D eigenvalue weighted by molar-refractivity contribution is 5.51. The van der Waals surface area contributed by atoms with E-state index in [-0.39, 0.29) is 0 Å². The summed E-state index contributed by atoms with van der Waals surface area (Å²) in [6.07, 6.45) is 0. The van der Waals surface area contributed by atoms with Gasteiger partial charge in [0, 0.05) is 44.8 Å². The molecule has 3 heterocycles. The van der Waals surface area contributed by atoms with E-state index in [9.17, 15) is 0 Å². The molecular weight excluding hydrogens is 202 g/mol. The van der Waals surface area contributed by atoms with Gasteiger partial charge >= 0.3 is 0 Å². The Bertz CT molecular complexity index is 398. The first-order valence-electron chi connectivity index (χ1n) is 5.87. The lowest BCUT2D eigenvalue weighted by atomic mass is 10.2. The number of piperazine rings is 1. The minimum Gasteiger partial charge on any atom is -0.354 e. The maximum atomic E-state index is 4.62. The zero-order valence-electron chi connectivity index (χ0n) is 9.58. The number of nitrogens with one attached hydrogen (secondary N) is 2. The number of nitrogens with zero attached hydrogens (tertiary/aromatic N) is 3. The van der Waals surface area contributed by atoms with Crippen LogP contribution < -0.4 is 15.5 Å². The van der Waals surface area contributed by atoms with Crippen LogP contribution in [0.1, 0.15) is 17.1 Å². The Kier molecular flexibility index (Phi) is 2.49. The third-order valence-corrected chi connectivity index (χ3v) is 3.19. The van der Waals surface area contributed by atoms with E-state index in [0.717, 1.165) is 50.9 Å². The molecule has 0 unspecified atom stereocenters. The van der Waals surface area contributed by atoms with Crippen LogP contribution in [0, 0.1) is 6.92 Å². The molecule has 0 atom stereocenters. The van der Waals surface area contributed by atoms with Crippen LogP contribution in [0.3, 0.4) is 0 Å². The van der Waals surface area contributed by atoms with Gasteiger partial charge in [-0.2, -0.15) is 0 Å². The number of rotatable bonds is 1. The molecule has 5 heteroatoms. The molecule has 1 saturated heterocycles. The summed E-state index contributed by atoms with van der Waals surface area (Å²) in [6, 6.07) is 0. The minimum atomic E-state index is 0.885. The van der Waals surface area contributed by atoms with Crippen LogP contribution in [0.2, 0.25) is 0 Å². The van der Waals surface area contributed by atoms with Crippen molar-refractivity contribution in [3.8, 4) is 0 Å². The predicted molar refractivity (Wildman–Crippen MR) is 62.4 cm³/mol. The smallest absolute Gasteiger partial charge is 0.137 e. The van der Waals surface area contributed by atoms with E-state index in [1.165, 1.54) is 11.3 Å². The molecule has 1 aromatic rings. The fourth-order valence-electron chi connectivity index (χ4n) is 2.41. The highest BCUT2D eigenvalue weighted by Gasteiger charge is 2.22. The summed E-state index contributed by atoms with van der Waals surface area (Å²) in [7, 11) is 0. The lowest BCUT2D eigenvalue weighted by molar-refractivity contribution is 0.582. The summed E-state index contributed by atoms with van der Waals surface area (Å²) >= 11 is 0. The fraction of sp³-hybridized carbons (Fsp3) is 0.636. The number of aryl methyl sites for hydroxylation is 1. The molecule has 5 nitrogen and oxygen atoms in total. The summed E-state index contributed by atoms with van der Waals surface area (Å²) in [5, 5.41) is 6.72. The molecule has 1 fully saturated rings. The zero-order valence-corrected chi connectivity index (χ0v) is 9.58. The molecule has 0 radical (unpaired) electrons. The third kappa shape index (κ3) is 1.66. The van der Waals surface area contributed by atoms with Gasteiger partial charge < -0.3 is 15.5 Å². The van der Waals surface area contributed by atoms with E-state index >= 15 is 0 Å². The van der Waals surface area contributed by atoms with E-state index in [2.05, 4.69) is 25.5 Å². The standard InChI is InChI=1S/C11H17N5/c1-8-14-10-7-13-6-9(10)11(15-8)16-4-2-12-3-5-16/h12-13H,2-7H2,1H3. The van der Waals surface area contributed by atoms with Gasteiger partial charge in [0.15, 0.2) is 0 Å². The SMILES string of the molecule is Cc1nc2c(c(N3CCNCC3)n1)CNC2. The van der Waals surface area contributed by atoms with E-state index in [0.29, 0.717) is 0 Å². The molecule has 86 valence electrons. The van der Waals surface area contributed by atoms with Crippen LogP contribution in [-0.2, 0) is 13.1 Å². The Hall–Kier alpha value is -1.20. The second-order valence-electron chi connectivity index (χ2n) is 4.36. The van der Waals surface area contributed by atoms with Gasteiger partial charge in [-0.3, -0.25) is 0 Å². The molecule has 2 N–H and O–H groups in total. The Morgan fingerprint density at radius 3 is 2.69 bits per heavy atom. The van der Waals surface area contributed by atoms with Crippen LogP contribution in [0.15, 0.2) is 0 Å². The van der Waals surface area contributed by atoms with Crippen molar-refractivity contribution >= 4 is 5.82 Å². The Morgan fingerprint density at radius 2 is 1.88 bits per heavy atom. The molecule has 3 rings (SSSR count). The number of hydrogen-bond acceptors (Lipinski definition) is 5. The van der Waals surface area contributed by atoms with Crippen molar-refractivity contribution in [2.24, 2.45) is 0 Å². The molecule has 2 aliphatic rings. The quantitative estimate of drug-likeness (QED) is 0.685. The van der Waals surface area contributed by atoms with Gasteiger partial charge in [0.05, 0.1) is 5.69 Å². The van der Waals surface area contributed by atoms with E-state index in [4.69, 9.17) is 0 Å². The van der Waals surface area contributed by atoms with Crippen molar-refractivity contribution in [3.63, 3.8) is 0 Å². The Labute approximate surface area is 95.3 Å². The lowest BCUT2D eigenvalue weighted by Gasteiger charge is -2.29. The highest BCUT2D eigenvalue weighted by atomic mass is 15.2. The molecule has 0 saturated carbocycles. The van der Waals surface area contributed by atoms with E-state index < -0.39 is 0 Å². The second-order valence-corrected chi connectivity index (χ2v) is 4.36. The van der Waals surface area contributed by atoms with Crippen molar-refractivity contribution in [3.05, 3.63) is 17.1 Å².